The minimum absolute atomic E-state index is 0.149. The molecule has 0 aliphatic heterocycles. The Kier molecular flexibility index (Phi) is 4.11. The number of pyridine rings is 1. The van der Waals surface area contributed by atoms with Crippen LogP contribution in [0.15, 0.2) is 36.5 Å². The quantitative estimate of drug-likeness (QED) is 0.585. The molecular weight excluding hydrogens is 263 g/mol. The normalized spacial score (nSPS) is 9.95. The lowest BCUT2D eigenvalue weighted by atomic mass is 10.2. The molecule has 20 heavy (non-hydrogen) atoms. The topological polar surface area (TPSA) is 89.3 Å². The highest BCUT2D eigenvalue weighted by atomic mass is 19.1. The summed E-state index contributed by atoms with van der Waals surface area (Å²) in [6.45, 7) is 0. The molecule has 1 aromatic carbocycles. The van der Waals surface area contributed by atoms with Crippen LogP contribution in [0.3, 0.4) is 0 Å². The molecule has 2 aromatic rings. The number of ether oxygens (including phenoxy) is 1. The van der Waals surface area contributed by atoms with E-state index in [-0.39, 0.29) is 11.4 Å². The zero-order chi connectivity index (χ0) is 14.5. The van der Waals surface area contributed by atoms with Gasteiger partial charge in [-0.2, -0.15) is 0 Å². The second-order valence-electron chi connectivity index (χ2n) is 3.85. The number of hydrazine groups is 1. The Morgan fingerprint density at radius 1 is 1.30 bits per heavy atom. The SMILES string of the molecule is COc1ccc(NC(=O)c2ccnc(NN)c2F)cc1. The second kappa shape index (κ2) is 5.98. The number of aromatic nitrogens is 1. The second-order valence-corrected chi connectivity index (χ2v) is 3.85. The third-order valence-electron chi connectivity index (χ3n) is 2.62. The number of nitrogens with one attached hydrogen (secondary N) is 2. The van der Waals surface area contributed by atoms with Gasteiger partial charge in [-0.05, 0) is 30.3 Å². The largest absolute Gasteiger partial charge is 0.497 e. The predicted molar refractivity (Wildman–Crippen MR) is 73.0 cm³/mol. The Morgan fingerprint density at radius 2 is 2.00 bits per heavy atom. The zero-order valence-electron chi connectivity index (χ0n) is 10.7. The van der Waals surface area contributed by atoms with Crippen molar-refractivity contribution in [3.8, 4) is 5.75 Å². The van der Waals surface area contributed by atoms with Gasteiger partial charge in [-0.25, -0.2) is 15.2 Å². The fourth-order valence-electron chi connectivity index (χ4n) is 1.59. The van der Waals surface area contributed by atoms with Crippen LogP contribution >= 0.6 is 0 Å². The summed E-state index contributed by atoms with van der Waals surface area (Å²) >= 11 is 0. The first kappa shape index (κ1) is 13.8. The minimum Gasteiger partial charge on any atom is -0.497 e. The number of benzene rings is 1. The molecule has 1 amide bonds. The third-order valence-corrected chi connectivity index (χ3v) is 2.62. The van der Waals surface area contributed by atoms with Gasteiger partial charge in [0.05, 0.1) is 12.7 Å². The van der Waals surface area contributed by atoms with Crippen LogP contribution in [0.2, 0.25) is 0 Å². The van der Waals surface area contributed by atoms with Crippen molar-refractivity contribution in [1.82, 2.24) is 4.98 Å². The molecule has 0 aliphatic carbocycles. The standard InChI is InChI=1S/C13H13FN4O2/c1-20-9-4-2-8(3-5-9)17-13(19)10-6-7-16-12(18-15)11(10)14/h2-7H,15H2,1H3,(H,16,18)(H,17,19). The van der Waals surface area contributed by atoms with Crippen molar-refractivity contribution in [3.63, 3.8) is 0 Å². The van der Waals surface area contributed by atoms with Crippen LogP contribution in [0.4, 0.5) is 15.9 Å². The van der Waals surface area contributed by atoms with E-state index in [2.05, 4.69) is 15.7 Å². The number of halogens is 1. The number of nitrogens with two attached hydrogens (primary N) is 1. The van der Waals surface area contributed by atoms with Crippen molar-refractivity contribution in [2.45, 2.75) is 0 Å². The first-order chi connectivity index (χ1) is 9.65. The summed E-state index contributed by atoms with van der Waals surface area (Å²) in [5.74, 6) is 4.18. The number of carbonyl (C=O) groups excluding carboxylic acids is 1. The highest BCUT2D eigenvalue weighted by Gasteiger charge is 2.15. The smallest absolute Gasteiger partial charge is 0.258 e. The molecule has 1 heterocycles. The van der Waals surface area contributed by atoms with Gasteiger partial charge in [0.15, 0.2) is 11.6 Å². The molecule has 0 saturated carbocycles. The maximum Gasteiger partial charge on any atom is 0.258 e. The molecule has 0 fully saturated rings. The molecule has 4 N–H and O–H groups in total. The summed E-state index contributed by atoms with van der Waals surface area (Å²) < 4.78 is 18.9. The van der Waals surface area contributed by atoms with Crippen LogP contribution in [0.1, 0.15) is 10.4 Å². The van der Waals surface area contributed by atoms with Crippen LogP contribution in [-0.4, -0.2) is 18.0 Å². The van der Waals surface area contributed by atoms with Crippen LogP contribution < -0.4 is 21.3 Å². The number of amides is 1. The van der Waals surface area contributed by atoms with E-state index in [1.807, 2.05) is 0 Å². The lowest BCUT2D eigenvalue weighted by Crippen LogP contribution is -2.17. The molecule has 7 heteroatoms. The van der Waals surface area contributed by atoms with Gasteiger partial charge in [-0.3, -0.25) is 4.79 Å². The van der Waals surface area contributed by atoms with E-state index in [9.17, 15) is 9.18 Å². The fraction of sp³-hybridized carbons (Fsp3) is 0.0769. The molecule has 0 atom stereocenters. The first-order valence-electron chi connectivity index (χ1n) is 5.72. The summed E-state index contributed by atoms with van der Waals surface area (Å²) in [6, 6.07) is 7.95. The fourth-order valence-corrected chi connectivity index (χ4v) is 1.59. The highest BCUT2D eigenvalue weighted by Crippen LogP contribution is 2.18. The molecule has 0 unspecified atom stereocenters. The maximum atomic E-state index is 13.9. The Morgan fingerprint density at radius 3 is 2.60 bits per heavy atom. The average molecular weight is 276 g/mol. The number of methoxy groups -OCH3 is 1. The van der Waals surface area contributed by atoms with E-state index >= 15 is 0 Å². The van der Waals surface area contributed by atoms with Crippen molar-refractivity contribution < 1.29 is 13.9 Å². The number of anilines is 2. The lowest BCUT2D eigenvalue weighted by Gasteiger charge is -2.08. The van der Waals surface area contributed by atoms with E-state index < -0.39 is 11.7 Å². The van der Waals surface area contributed by atoms with Gasteiger partial charge in [0.1, 0.15) is 5.75 Å². The molecule has 0 saturated heterocycles. The molecule has 0 radical (unpaired) electrons. The maximum absolute atomic E-state index is 13.9. The Bertz CT molecular complexity index is 616. The van der Waals surface area contributed by atoms with Gasteiger partial charge < -0.3 is 15.5 Å². The summed E-state index contributed by atoms with van der Waals surface area (Å²) in [5.41, 5.74) is 2.46. The highest BCUT2D eigenvalue weighted by molar-refractivity contribution is 6.04. The van der Waals surface area contributed by atoms with Crippen molar-refractivity contribution in [2.75, 3.05) is 17.9 Å². The number of nitrogens with zero attached hydrogens (tertiary/aromatic N) is 1. The zero-order valence-corrected chi connectivity index (χ0v) is 10.7. The summed E-state index contributed by atoms with van der Waals surface area (Å²) in [6.07, 6.45) is 1.29. The van der Waals surface area contributed by atoms with E-state index in [0.717, 1.165) is 0 Å². The average Bonchev–Trinajstić information content (AvgIpc) is 2.48. The van der Waals surface area contributed by atoms with Crippen molar-refractivity contribution in [1.29, 1.82) is 0 Å². The van der Waals surface area contributed by atoms with Gasteiger partial charge in [-0.1, -0.05) is 0 Å². The van der Waals surface area contributed by atoms with Crippen molar-refractivity contribution in [2.24, 2.45) is 5.84 Å². The van der Waals surface area contributed by atoms with E-state index in [1.165, 1.54) is 12.3 Å². The van der Waals surface area contributed by atoms with Crippen LogP contribution in [0.5, 0.6) is 5.75 Å². The lowest BCUT2D eigenvalue weighted by molar-refractivity contribution is 0.102. The predicted octanol–water partition coefficient (Wildman–Crippen LogP) is 1.77. The van der Waals surface area contributed by atoms with Gasteiger partial charge in [-0.15, -0.1) is 0 Å². The Hall–Kier alpha value is -2.67. The summed E-state index contributed by atoms with van der Waals surface area (Å²) in [7, 11) is 1.54. The molecule has 0 aliphatic rings. The van der Waals surface area contributed by atoms with Gasteiger partial charge in [0, 0.05) is 11.9 Å². The van der Waals surface area contributed by atoms with E-state index in [4.69, 9.17) is 10.6 Å². The first-order valence-corrected chi connectivity index (χ1v) is 5.72. The van der Waals surface area contributed by atoms with Crippen molar-refractivity contribution >= 4 is 17.4 Å². The Balaban J connectivity index is 2.19. The number of rotatable bonds is 4. The van der Waals surface area contributed by atoms with Crippen molar-refractivity contribution in [3.05, 3.63) is 47.9 Å². The number of hydrogen-bond donors (Lipinski definition) is 3. The van der Waals surface area contributed by atoms with E-state index in [1.54, 1.807) is 31.4 Å². The van der Waals surface area contributed by atoms with Crippen LogP contribution in [-0.2, 0) is 0 Å². The summed E-state index contributed by atoms with van der Waals surface area (Å²) in [5, 5.41) is 2.57. The van der Waals surface area contributed by atoms with Gasteiger partial charge in [0.25, 0.3) is 5.91 Å². The molecular formula is C13H13FN4O2. The molecule has 0 spiro atoms. The monoisotopic (exact) mass is 276 g/mol. The molecule has 0 bridgehead atoms. The van der Waals surface area contributed by atoms with Gasteiger partial charge >= 0.3 is 0 Å². The number of carbonyl (C=O) groups is 1. The number of hydrogen-bond acceptors (Lipinski definition) is 5. The van der Waals surface area contributed by atoms with Crippen LogP contribution in [0, 0.1) is 5.82 Å². The van der Waals surface area contributed by atoms with E-state index in [0.29, 0.717) is 11.4 Å². The molecule has 6 nitrogen and oxygen atoms in total. The molecule has 2 rings (SSSR count). The minimum atomic E-state index is -0.805. The third kappa shape index (κ3) is 2.83. The summed E-state index contributed by atoms with van der Waals surface area (Å²) in [4.78, 5) is 15.6. The number of nitrogen functional groups attached to an aromatic ring is 1. The Labute approximate surface area is 114 Å². The van der Waals surface area contributed by atoms with Crippen LogP contribution in [0.25, 0.3) is 0 Å². The molecule has 104 valence electrons. The molecule has 1 aromatic heterocycles. The van der Waals surface area contributed by atoms with Gasteiger partial charge in [0.2, 0.25) is 0 Å².